The monoisotopic (exact) mass is 310 g/mol. The van der Waals surface area contributed by atoms with Crippen molar-refractivity contribution in [3.8, 4) is 11.5 Å². The first-order valence-corrected chi connectivity index (χ1v) is 7.83. The molecule has 1 fully saturated rings. The van der Waals surface area contributed by atoms with Gasteiger partial charge in [-0.15, -0.1) is 0 Å². The zero-order valence-corrected chi connectivity index (χ0v) is 14.0. The summed E-state index contributed by atoms with van der Waals surface area (Å²) in [6, 6.07) is 3.68. The van der Waals surface area contributed by atoms with Crippen LogP contribution >= 0.6 is 0 Å². The van der Waals surface area contributed by atoms with Crippen LogP contribution < -0.4 is 14.8 Å². The lowest BCUT2D eigenvalue weighted by Crippen LogP contribution is -2.44. The quantitative estimate of drug-likeness (QED) is 0.874. The number of alkyl halides is 1. The van der Waals surface area contributed by atoms with Gasteiger partial charge in [-0.3, -0.25) is 0 Å². The van der Waals surface area contributed by atoms with Crippen molar-refractivity contribution >= 4 is 0 Å². The molecular weight excluding hydrogens is 283 g/mol. The lowest BCUT2D eigenvalue weighted by atomic mass is 9.95. The van der Waals surface area contributed by atoms with Gasteiger partial charge >= 0.3 is 0 Å². The molecule has 1 saturated heterocycles. The Labute approximate surface area is 132 Å². The van der Waals surface area contributed by atoms with Gasteiger partial charge in [-0.25, -0.2) is 4.39 Å². The van der Waals surface area contributed by atoms with E-state index in [2.05, 4.69) is 10.2 Å². The van der Waals surface area contributed by atoms with Crippen molar-refractivity contribution < 1.29 is 13.9 Å². The number of nitrogens with one attached hydrogen (secondary N) is 1. The number of halogens is 1. The van der Waals surface area contributed by atoms with Gasteiger partial charge in [-0.05, 0) is 31.9 Å². The van der Waals surface area contributed by atoms with Crippen LogP contribution in [-0.4, -0.2) is 51.8 Å². The van der Waals surface area contributed by atoms with E-state index < -0.39 is 5.67 Å². The molecule has 22 heavy (non-hydrogen) atoms. The average molecular weight is 310 g/mol. The summed E-state index contributed by atoms with van der Waals surface area (Å²) in [5.41, 5.74) is 0.162. The Morgan fingerprint density at radius 2 is 1.77 bits per heavy atom. The third-order valence-corrected chi connectivity index (χ3v) is 4.15. The highest BCUT2D eigenvalue weighted by Gasteiger charge is 2.25. The summed E-state index contributed by atoms with van der Waals surface area (Å²) in [5, 5.41) is 3.35. The Morgan fingerprint density at radius 1 is 1.14 bits per heavy atom. The molecule has 1 aliphatic heterocycles. The summed E-state index contributed by atoms with van der Waals surface area (Å²) in [6.07, 6.45) is 0.843. The molecule has 5 heteroatoms. The maximum atomic E-state index is 14.4. The van der Waals surface area contributed by atoms with Gasteiger partial charge in [0.15, 0.2) is 0 Å². The number of rotatable bonds is 6. The zero-order valence-electron chi connectivity index (χ0n) is 14.0. The van der Waals surface area contributed by atoms with E-state index in [1.54, 1.807) is 34.1 Å². The summed E-state index contributed by atoms with van der Waals surface area (Å²) in [4.78, 5) is 2.42. The summed E-state index contributed by atoms with van der Waals surface area (Å²) in [6.45, 7) is 8.23. The van der Waals surface area contributed by atoms with Crippen molar-refractivity contribution in [3.63, 3.8) is 0 Å². The second-order valence-electron chi connectivity index (χ2n) is 6.18. The van der Waals surface area contributed by atoms with Crippen LogP contribution in [-0.2, 0) is 12.1 Å². The predicted molar refractivity (Wildman–Crippen MR) is 86.7 cm³/mol. The van der Waals surface area contributed by atoms with E-state index in [1.165, 1.54) is 0 Å². The van der Waals surface area contributed by atoms with Crippen LogP contribution in [0.2, 0.25) is 0 Å². The summed E-state index contributed by atoms with van der Waals surface area (Å²) >= 11 is 0. The molecule has 1 aliphatic rings. The number of nitrogens with zero attached hydrogens (tertiary/aromatic N) is 1. The van der Waals surface area contributed by atoms with Crippen LogP contribution in [0.1, 0.15) is 25.0 Å². The Hall–Kier alpha value is -1.33. The predicted octanol–water partition coefficient (Wildman–Crippen LogP) is 2.36. The molecular formula is C17H27FN2O2. The van der Waals surface area contributed by atoms with Crippen LogP contribution in [0.15, 0.2) is 12.1 Å². The highest BCUT2D eigenvalue weighted by molar-refractivity contribution is 5.49. The fraction of sp³-hybridized carbons (Fsp3) is 0.647. The highest BCUT2D eigenvalue weighted by Crippen LogP contribution is 2.37. The number of ether oxygens (including phenoxy) is 2. The number of methoxy groups -OCH3 is 2. The largest absolute Gasteiger partial charge is 0.496 e. The fourth-order valence-electron chi connectivity index (χ4n) is 2.84. The first-order valence-electron chi connectivity index (χ1n) is 7.83. The molecule has 0 aromatic heterocycles. The first kappa shape index (κ1) is 17.0. The van der Waals surface area contributed by atoms with E-state index in [1.807, 2.05) is 6.07 Å². The Morgan fingerprint density at radius 3 is 2.32 bits per heavy atom. The van der Waals surface area contributed by atoms with Gasteiger partial charge in [0.2, 0.25) is 0 Å². The molecule has 0 amide bonds. The maximum Gasteiger partial charge on any atom is 0.134 e. The minimum Gasteiger partial charge on any atom is -0.496 e. The first-order chi connectivity index (χ1) is 10.5. The number of hydrogen-bond donors (Lipinski definition) is 1. The minimum absolute atomic E-state index is 0.537. The molecule has 2 rings (SSSR count). The van der Waals surface area contributed by atoms with Crippen molar-refractivity contribution in [2.75, 3.05) is 46.9 Å². The van der Waals surface area contributed by atoms with E-state index in [-0.39, 0.29) is 0 Å². The molecule has 1 aromatic rings. The van der Waals surface area contributed by atoms with Crippen LogP contribution in [0.25, 0.3) is 0 Å². The summed E-state index contributed by atoms with van der Waals surface area (Å²) < 4.78 is 25.2. The van der Waals surface area contributed by atoms with Gasteiger partial charge in [0.1, 0.15) is 17.2 Å². The molecule has 124 valence electrons. The molecule has 1 aromatic carbocycles. The van der Waals surface area contributed by atoms with Crippen LogP contribution in [0, 0.1) is 0 Å². The minimum atomic E-state index is -1.44. The van der Waals surface area contributed by atoms with Gasteiger partial charge < -0.3 is 19.7 Å². The van der Waals surface area contributed by atoms with E-state index in [4.69, 9.17) is 9.47 Å². The van der Waals surface area contributed by atoms with Gasteiger partial charge in [0, 0.05) is 44.4 Å². The Kier molecular flexibility index (Phi) is 5.64. The number of hydrogen-bond acceptors (Lipinski definition) is 4. The van der Waals surface area contributed by atoms with Gasteiger partial charge in [-0.1, -0.05) is 0 Å². The Balaban J connectivity index is 2.20. The van der Waals surface area contributed by atoms with E-state index in [9.17, 15) is 4.39 Å². The van der Waals surface area contributed by atoms with Crippen molar-refractivity contribution in [2.45, 2.75) is 25.9 Å². The fourth-order valence-corrected chi connectivity index (χ4v) is 2.84. The molecule has 0 saturated carbocycles. The second-order valence-corrected chi connectivity index (χ2v) is 6.18. The highest BCUT2D eigenvalue weighted by atomic mass is 19.1. The van der Waals surface area contributed by atoms with E-state index >= 15 is 0 Å². The molecule has 0 bridgehead atoms. The van der Waals surface area contributed by atoms with Crippen molar-refractivity contribution in [1.82, 2.24) is 10.2 Å². The summed E-state index contributed by atoms with van der Waals surface area (Å²) in [7, 11) is 3.20. The average Bonchev–Trinajstić information content (AvgIpc) is 2.52. The number of piperazine rings is 1. The molecule has 1 N–H and O–H groups in total. The smallest absolute Gasteiger partial charge is 0.134 e. The summed E-state index contributed by atoms with van der Waals surface area (Å²) in [5.74, 6) is 1.30. The lowest BCUT2D eigenvalue weighted by Gasteiger charge is -2.28. The molecule has 0 atom stereocenters. The Bertz CT molecular complexity index is 494. The molecule has 1 heterocycles. The van der Waals surface area contributed by atoms with Crippen molar-refractivity contribution in [3.05, 3.63) is 23.3 Å². The van der Waals surface area contributed by atoms with Crippen molar-refractivity contribution in [2.24, 2.45) is 0 Å². The SMILES string of the molecule is COc1cc(OC)c(C(C)(C)F)cc1CCN1CCNCC1. The van der Waals surface area contributed by atoms with Crippen molar-refractivity contribution in [1.29, 1.82) is 0 Å². The standard InChI is InChI=1S/C17H27FN2O2/c1-17(2,18)14-11-13(15(21-3)12-16(14)22-4)5-8-20-9-6-19-7-10-20/h11-12,19H,5-10H2,1-4H3. The van der Waals surface area contributed by atoms with Gasteiger partial charge in [0.05, 0.1) is 14.2 Å². The second kappa shape index (κ2) is 7.29. The van der Waals surface area contributed by atoms with Gasteiger partial charge in [0.25, 0.3) is 0 Å². The number of benzene rings is 1. The van der Waals surface area contributed by atoms with Crippen LogP contribution in [0.5, 0.6) is 11.5 Å². The molecule has 0 unspecified atom stereocenters. The third kappa shape index (κ3) is 4.11. The molecule has 0 radical (unpaired) electrons. The van der Waals surface area contributed by atoms with E-state index in [0.29, 0.717) is 11.3 Å². The molecule has 0 spiro atoms. The normalized spacial score (nSPS) is 16.6. The third-order valence-electron chi connectivity index (χ3n) is 4.15. The maximum absolute atomic E-state index is 14.4. The zero-order chi connectivity index (χ0) is 16.2. The van der Waals surface area contributed by atoms with Crippen LogP contribution in [0.3, 0.4) is 0 Å². The lowest BCUT2D eigenvalue weighted by molar-refractivity contribution is 0.212. The molecule has 0 aliphatic carbocycles. The van der Waals surface area contributed by atoms with Gasteiger partial charge in [-0.2, -0.15) is 0 Å². The van der Waals surface area contributed by atoms with Crippen LogP contribution in [0.4, 0.5) is 4.39 Å². The van der Waals surface area contributed by atoms with E-state index in [0.717, 1.165) is 50.5 Å². The topological polar surface area (TPSA) is 33.7 Å². The molecule has 4 nitrogen and oxygen atoms in total.